The topological polar surface area (TPSA) is 75.7 Å². The van der Waals surface area contributed by atoms with Crippen molar-refractivity contribution in [3.63, 3.8) is 0 Å². The van der Waals surface area contributed by atoms with E-state index in [1.54, 1.807) is 29.5 Å². The molecule has 0 aliphatic carbocycles. The lowest BCUT2D eigenvalue weighted by molar-refractivity contribution is -0.125. The molecule has 30 heavy (non-hydrogen) atoms. The molecule has 1 aromatic heterocycles. The highest BCUT2D eigenvalue weighted by atomic mass is 32.1. The lowest BCUT2D eigenvalue weighted by Gasteiger charge is -2.29. The van der Waals surface area contributed by atoms with E-state index in [9.17, 15) is 14.4 Å². The maximum absolute atomic E-state index is 13.1. The van der Waals surface area contributed by atoms with Crippen molar-refractivity contribution in [2.45, 2.75) is 25.5 Å². The highest BCUT2D eigenvalue weighted by Gasteiger charge is 2.45. The van der Waals surface area contributed by atoms with Crippen molar-refractivity contribution in [2.75, 3.05) is 0 Å². The Hall–Kier alpha value is -3.45. The molecule has 2 aliphatic rings. The fourth-order valence-corrected chi connectivity index (χ4v) is 4.92. The van der Waals surface area contributed by atoms with E-state index in [2.05, 4.69) is 18.0 Å². The van der Waals surface area contributed by atoms with E-state index in [4.69, 9.17) is 4.74 Å². The summed E-state index contributed by atoms with van der Waals surface area (Å²) in [7, 11) is 0. The van der Waals surface area contributed by atoms with Gasteiger partial charge in [-0.2, -0.15) is 0 Å². The van der Waals surface area contributed by atoms with Crippen LogP contribution < -0.4 is 10.1 Å². The molecule has 5 rings (SSSR count). The minimum Gasteiger partial charge on any atom is -0.487 e. The molecule has 1 saturated heterocycles. The van der Waals surface area contributed by atoms with Gasteiger partial charge in [-0.25, -0.2) is 0 Å². The van der Waals surface area contributed by atoms with Gasteiger partial charge in [-0.05, 0) is 42.5 Å². The lowest BCUT2D eigenvalue weighted by atomic mass is 10.0. The van der Waals surface area contributed by atoms with E-state index in [0.717, 1.165) is 19.9 Å². The number of nitrogens with zero attached hydrogens (tertiary/aromatic N) is 1. The van der Waals surface area contributed by atoms with Gasteiger partial charge in [-0.3, -0.25) is 19.3 Å². The van der Waals surface area contributed by atoms with E-state index in [1.807, 2.05) is 24.3 Å². The monoisotopic (exact) mass is 418 g/mol. The minimum atomic E-state index is -0.835. The Kier molecular flexibility index (Phi) is 4.40. The summed E-state index contributed by atoms with van der Waals surface area (Å²) in [6, 6.07) is 14.3. The van der Waals surface area contributed by atoms with Crippen molar-refractivity contribution in [1.82, 2.24) is 10.2 Å². The van der Waals surface area contributed by atoms with E-state index in [-0.39, 0.29) is 17.0 Å². The second-order valence-electron chi connectivity index (χ2n) is 7.35. The molecule has 2 aliphatic heterocycles. The van der Waals surface area contributed by atoms with Crippen molar-refractivity contribution >= 4 is 39.1 Å². The van der Waals surface area contributed by atoms with Crippen molar-refractivity contribution in [2.24, 2.45) is 0 Å². The number of imide groups is 1. The summed E-state index contributed by atoms with van der Waals surface area (Å²) in [4.78, 5) is 40.5. The van der Waals surface area contributed by atoms with Gasteiger partial charge in [0.05, 0.1) is 11.1 Å². The zero-order valence-corrected chi connectivity index (χ0v) is 16.8. The molecule has 6 nitrogen and oxygen atoms in total. The zero-order chi connectivity index (χ0) is 20.8. The van der Waals surface area contributed by atoms with Crippen LogP contribution in [-0.4, -0.2) is 28.7 Å². The maximum Gasteiger partial charge on any atom is 0.266 e. The summed E-state index contributed by atoms with van der Waals surface area (Å²) in [5, 5.41) is 3.78. The highest BCUT2D eigenvalue weighted by Crippen LogP contribution is 2.35. The number of nitrogens with one attached hydrogen (secondary N) is 1. The van der Waals surface area contributed by atoms with Crippen molar-refractivity contribution in [3.8, 4) is 5.75 Å². The van der Waals surface area contributed by atoms with Crippen LogP contribution in [0.2, 0.25) is 0 Å². The first kappa shape index (κ1) is 18.6. The van der Waals surface area contributed by atoms with Gasteiger partial charge in [0.15, 0.2) is 0 Å². The summed E-state index contributed by atoms with van der Waals surface area (Å²) in [5.74, 6) is -0.982. The molecule has 3 amide bonds. The molecule has 3 heterocycles. The number of piperidine rings is 1. The van der Waals surface area contributed by atoms with Crippen LogP contribution in [0.4, 0.5) is 0 Å². The Labute approximate surface area is 176 Å². The number of fused-ring (bicyclic) bond motifs is 2. The summed E-state index contributed by atoms with van der Waals surface area (Å²) in [6.45, 7) is 4.04. The lowest BCUT2D eigenvalue weighted by Crippen LogP contribution is -2.51. The average molecular weight is 418 g/mol. The van der Waals surface area contributed by atoms with Crippen molar-refractivity contribution in [3.05, 3.63) is 76.8 Å². The molecular weight excluding hydrogens is 400 g/mol. The van der Waals surface area contributed by atoms with Crippen LogP contribution in [-0.2, 0) is 11.4 Å². The summed E-state index contributed by atoms with van der Waals surface area (Å²) in [5.41, 5.74) is 1.09. The van der Waals surface area contributed by atoms with Gasteiger partial charge in [0.2, 0.25) is 5.91 Å². The van der Waals surface area contributed by atoms with Crippen LogP contribution in [0.5, 0.6) is 5.75 Å². The Balaban J connectivity index is 1.41. The normalized spacial score (nSPS) is 18.7. The minimum absolute atomic E-state index is 0.223. The van der Waals surface area contributed by atoms with Gasteiger partial charge in [-0.1, -0.05) is 30.8 Å². The number of amides is 3. The summed E-state index contributed by atoms with van der Waals surface area (Å²) in [6.07, 6.45) is 0.896. The second-order valence-corrected chi connectivity index (χ2v) is 8.51. The van der Waals surface area contributed by atoms with E-state index < -0.39 is 17.9 Å². The van der Waals surface area contributed by atoms with Crippen LogP contribution in [0.3, 0.4) is 0 Å². The zero-order valence-electron chi connectivity index (χ0n) is 16.0. The molecule has 0 bridgehead atoms. The molecule has 1 fully saturated rings. The number of hydrogen-bond acceptors (Lipinski definition) is 5. The molecule has 7 heteroatoms. The van der Waals surface area contributed by atoms with Gasteiger partial charge in [0, 0.05) is 15.3 Å². The molecule has 0 spiro atoms. The van der Waals surface area contributed by atoms with E-state index >= 15 is 0 Å². The fourth-order valence-electron chi connectivity index (χ4n) is 3.94. The third-order valence-electron chi connectivity index (χ3n) is 5.39. The van der Waals surface area contributed by atoms with Gasteiger partial charge >= 0.3 is 0 Å². The first-order chi connectivity index (χ1) is 14.5. The standard InChI is InChI=1S/C23H18N2O4S/c1-13-9-10-17(21(26)24-13)25-22(27)16-6-4-7-18(20(16)23(25)28)29-12-15-11-14-5-2-3-8-19(14)30-15/h2-8,11,17H,1,9-10,12H2,(H,24,26). The smallest absolute Gasteiger partial charge is 0.266 e. The molecule has 150 valence electrons. The molecule has 1 unspecified atom stereocenters. The van der Waals surface area contributed by atoms with Gasteiger partial charge in [0.25, 0.3) is 11.8 Å². The van der Waals surface area contributed by atoms with Crippen LogP contribution >= 0.6 is 11.3 Å². The summed E-state index contributed by atoms with van der Waals surface area (Å²) >= 11 is 1.63. The maximum atomic E-state index is 13.1. The van der Waals surface area contributed by atoms with E-state index in [1.165, 1.54) is 0 Å². The van der Waals surface area contributed by atoms with Crippen LogP contribution in [0, 0.1) is 0 Å². The Morgan fingerprint density at radius 1 is 1.10 bits per heavy atom. The van der Waals surface area contributed by atoms with Crippen LogP contribution in [0.1, 0.15) is 38.4 Å². The number of allylic oxidation sites excluding steroid dienone is 1. The SMILES string of the molecule is C=C1CCC(N2C(=O)c3cccc(OCc4cc5ccccc5s4)c3C2=O)C(=O)N1. The molecule has 3 aromatic rings. The number of thiophene rings is 1. The Bertz CT molecular complexity index is 1200. The average Bonchev–Trinajstić information content (AvgIpc) is 3.26. The molecule has 0 saturated carbocycles. The van der Waals surface area contributed by atoms with Crippen molar-refractivity contribution in [1.29, 1.82) is 0 Å². The molecule has 1 atom stereocenters. The predicted molar refractivity (Wildman–Crippen MR) is 113 cm³/mol. The molecule has 0 radical (unpaired) electrons. The van der Waals surface area contributed by atoms with Gasteiger partial charge in [0.1, 0.15) is 18.4 Å². The first-order valence-electron chi connectivity index (χ1n) is 9.63. The largest absolute Gasteiger partial charge is 0.487 e. The van der Waals surface area contributed by atoms with Crippen molar-refractivity contribution < 1.29 is 19.1 Å². The van der Waals surface area contributed by atoms with E-state index in [0.29, 0.717) is 30.9 Å². The number of hydrogen-bond donors (Lipinski definition) is 1. The molecule has 2 aromatic carbocycles. The first-order valence-corrected chi connectivity index (χ1v) is 10.4. The van der Waals surface area contributed by atoms with Crippen LogP contribution in [0.15, 0.2) is 60.8 Å². The number of ether oxygens (including phenoxy) is 1. The number of carbonyl (C=O) groups excluding carboxylic acids is 3. The molecular formula is C23H18N2O4S. The highest BCUT2D eigenvalue weighted by molar-refractivity contribution is 7.19. The Morgan fingerprint density at radius 2 is 1.93 bits per heavy atom. The summed E-state index contributed by atoms with van der Waals surface area (Å²) < 4.78 is 7.12. The second kappa shape index (κ2) is 7.11. The number of rotatable bonds is 4. The fraction of sp³-hybridized carbons (Fsp3) is 0.174. The molecule has 1 N–H and O–H groups in total. The predicted octanol–water partition coefficient (Wildman–Crippen LogP) is 3.87. The van der Waals surface area contributed by atoms with Gasteiger partial charge in [-0.15, -0.1) is 11.3 Å². The third kappa shape index (κ3) is 2.98. The quantitative estimate of drug-likeness (QED) is 0.653. The number of carbonyl (C=O) groups is 3. The van der Waals surface area contributed by atoms with Gasteiger partial charge < -0.3 is 10.1 Å². The Morgan fingerprint density at radius 3 is 2.73 bits per heavy atom. The number of benzene rings is 2. The third-order valence-corrected chi connectivity index (χ3v) is 6.48. The van der Waals surface area contributed by atoms with Crippen LogP contribution in [0.25, 0.3) is 10.1 Å².